The van der Waals surface area contributed by atoms with Crippen molar-refractivity contribution in [3.63, 3.8) is 0 Å². The molecule has 7 nitrogen and oxygen atoms in total. The SMILES string of the molecule is NC(CN1C(=O)CNC1=O)c1ccc2c(c1)OCCO2. The van der Waals surface area contributed by atoms with E-state index in [1.807, 2.05) is 6.07 Å². The van der Waals surface area contributed by atoms with Crippen LogP contribution in [-0.4, -0.2) is 43.1 Å². The van der Waals surface area contributed by atoms with E-state index >= 15 is 0 Å². The first-order valence-electron chi connectivity index (χ1n) is 6.38. The van der Waals surface area contributed by atoms with E-state index in [2.05, 4.69) is 5.32 Å². The second kappa shape index (κ2) is 5.01. The monoisotopic (exact) mass is 277 g/mol. The van der Waals surface area contributed by atoms with Crippen LogP contribution in [0.15, 0.2) is 18.2 Å². The molecule has 0 spiro atoms. The minimum Gasteiger partial charge on any atom is -0.486 e. The van der Waals surface area contributed by atoms with Crippen molar-refractivity contribution in [3.8, 4) is 11.5 Å². The summed E-state index contributed by atoms with van der Waals surface area (Å²) in [6.45, 7) is 1.20. The summed E-state index contributed by atoms with van der Waals surface area (Å²) in [7, 11) is 0. The third kappa shape index (κ3) is 2.27. The summed E-state index contributed by atoms with van der Waals surface area (Å²) in [6.07, 6.45) is 0. The predicted octanol–water partition coefficient (Wildman–Crippen LogP) is 0.00940. The average molecular weight is 277 g/mol. The van der Waals surface area contributed by atoms with Gasteiger partial charge in [0, 0.05) is 12.6 Å². The maximum absolute atomic E-state index is 11.5. The van der Waals surface area contributed by atoms with Gasteiger partial charge in [-0.25, -0.2) is 4.79 Å². The van der Waals surface area contributed by atoms with E-state index in [0.29, 0.717) is 24.7 Å². The van der Waals surface area contributed by atoms with Crippen LogP contribution in [0.2, 0.25) is 0 Å². The fourth-order valence-corrected chi connectivity index (χ4v) is 2.23. The number of amides is 3. The molecule has 106 valence electrons. The zero-order chi connectivity index (χ0) is 14.1. The number of nitrogens with two attached hydrogens (primary N) is 1. The summed E-state index contributed by atoms with van der Waals surface area (Å²) in [5, 5.41) is 2.46. The zero-order valence-electron chi connectivity index (χ0n) is 10.8. The first kappa shape index (κ1) is 12.7. The number of benzene rings is 1. The van der Waals surface area contributed by atoms with Crippen molar-refractivity contribution < 1.29 is 19.1 Å². The van der Waals surface area contributed by atoms with Crippen molar-refractivity contribution in [1.29, 1.82) is 0 Å². The van der Waals surface area contributed by atoms with Crippen LogP contribution in [0.3, 0.4) is 0 Å². The van der Waals surface area contributed by atoms with E-state index in [1.54, 1.807) is 12.1 Å². The standard InChI is InChI=1S/C13H15N3O4/c14-9(7-16-12(17)6-15-13(16)18)8-1-2-10-11(5-8)20-4-3-19-10/h1-2,5,9H,3-4,6-7,14H2,(H,15,18). The molecule has 0 bridgehead atoms. The Labute approximate surface area is 115 Å². The minimum atomic E-state index is -0.460. The summed E-state index contributed by atoms with van der Waals surface area (Å²) in [5.41, 5.74) is 6.86. The van der Waals surface area contributed by atoms with Gasteiger partial charge in [-0.3, -0.25) is 9.69 Å². The topological polar surface area (TPSA) is 93.9 Å². The van der Waals surface area contributed by atoms with E-state index in [0.717, 1.165) is 10.5 Å². The Hall–Kier alpha value is -2.28. The van der Waals surface area contributed by atoms with Crippen molar-refractivity contribution in [2.45, 2.75) is 6.04 Å². The lowest BCUT2D eigenvalue weighted by Gasteiger charge is -2.22. The molecule has 1 aromatic carbocycles. The molecule has 3 N–H and O–H groups in total. The summed E-state index contributed by atoms with van der Waals surface area (Å²) in [5.74, 6) is 1.06. The average Bonchev–Trinajstić information content (AvgIpc) is 2.78. The second-order valence-electron chi connectivity index (χ2n) is 4.67. The quantitative estimate of drug-likeness (QED) is 0.759. The second-order valence-corrected chi connectivity index (χ2v) is 4.67. The molecule has 2 aliphatic rings. The number of nitrogens with zero attached hydrogens (tertiary/aromatic N) is 1. The number of hydrogen-bond acceptors (Lipinski definition) is 5. The predicted molar refractivity (Wildman–Crippen MR) is 69.5 cm³/mol. The van der Waals surface area contributed by atoms with Gasteiger partial charge < -0.3 is 20.5 Å². The highest BCUT2D eigenvalue weighted by atomic mass is 16.6. The molecule has 1 atom stereocenters. The van der Waals surface area contributed by atoms with Gasteiger partial charge in [0.05, 0.1) is 6.54 Å². The number of carbonyl (C=O) groups is 2. The van der Waals surface area contributed by atoms with Gasteiger partial charge in [-0.15, -0.1) is 0 Å². The van der Waals surface area contributed by atoms with E-state index in [9.17, 15) is 9.59 Å². The number of ether oxygens (including phenoxy) is 2. The molecule has 1 fully saturated rings. The van der Waals surface area contributed by atoms with Crippen molar-refractivity contribution >= 4 is 11.9 Å². The van der Waals surface area contributed by atoms with E-state index in [4.69, 9.17) is 15.2 Å². The van der Waals surface area contributed by atoms with Crippen molar-refractivity contribution in [3.05, 3.63) is 23.8 Å². The highest BCUT2D eigenvalue weighted by Crippen LogP contribution is 2.32. The third-order valence-corrected chi connectivity index (χ3v) is 3.31. The molecule has 2 aliphatic heterocycles. The molecule has 7 heteroatoms. The summed E-state index contributed by atoms with van der Waals surface area (Å²) in [6, 6.07) is 4.53. The number of carbonyl (C=O) groups excluding carboxylic acids is 2. The van der Waals surface area contributed by atoms with Crippen LogP contribution in [0, 0.1) is 0 Å². The van der Waals surface area contributed by atoms with Crippen LogP contribution in [0.25, 0.3) is 0 Å². The fourth-order valence-electron chi connectivity index (χ4n) is 2.23. The lowest BCUT2D eigenvalue weighted by atomic mass is 10.1. The first-order valence-corrected chi connectivity index (χ1v) is 6.38. The van der Waals surface area contributed by atoms with Crippen LogP contribution in [0.5, 0.6) is 11.5 Å². The number of nitrogens with one attached hydrogen (secondary N) is 1. The third-order valence-electron chi connectivity index (χ3n) is 3.31. The normalized spacial score (nSPS) is 18.9. The highest BCUT2D eigenvalue weighted by Gasteiger charge is 2.30. The lowest BCUT2D eigenvalue weighted by Crippen LogP contribution is -2.37. The molecule has 0 radical (unpaired) electrons. The number of fused-ring (bicyclic) bond motifs is 1. The Kier molecular flexibility index (Phi) is 3.19. The molecule has 0 aliphatic carbocycles. The number of hydrogen-bond donors (Lipinski definition) is 2. The molecular formula is C13H15N3O4. The van der Waals surface area contributed by atoms with Crippen LogP contribution in [0.1, 0.15) is 11.6 Å². The molecule has 3 rings (SSSR count). The molecule has 1 aromatic rings. The molecule has 0 aromatic heterocycles. The molecule has 1 saturated heterocycles. The summed E-state index contributed by atoms with van der Waals surface area (Å²) < 4.78 is 10.9. The van der Waals surface area contributed by atoms with Crippen LogP contribution in [-0.2, 0) is 4.79 Å². The molecule has 20 heavy (non-hydrogen) atoms. The molecular weight excluding hydrogens is 262 g/mol. The Morgan fingerprint density at radius 1 is 1.25 bits per heavy atom. The lowest BCUT2D eigenvalue weighted by molar-refractivity contribution is -0.125. The Morgan fingerprint density at radius 3 is 2.70 bits per heavy atom. The molecule has 2 heterocycles. The van der Waals surface area contributed by atoms with Crippen LogP contribution >= 0.6 is 0 Å². The number of rotatable bonds is 3. The van der Waals surface area contributed by atoms with E-state index < -0.39 is 12.1 Å². The van der Waals surface area contributed by atoms with Gasteiger partial charge in [0.25, 0.3) is 0 Å². The van der Waals surface area contributed by atoms with E-state index in [-0.39, 0.29) is 19.0 Å². The highest BCUT2D eigenvalue weighted by molar-refractivity contribution is 6.01. The number of urea groups is 1. The van der Waals surface area contributed by atoms with Gasteiger partial charge in [-0.2, -0.15) is 0 Å². The van der Waals surface area contributed by atoms with Crippen LogP contribution < -0.4 is 20.5 Å². The Bertz CT molecular complexity index is 545. The zero-order valence-corrected chi connectivity index (χ0v) is 10.8. The van der Waals surface area contributed by atoms with Gasteiger partial charge in [0.2, 0.25) is 5.91 Å². The fraction of sp³-hybridized carbons (Fsp3) is 0.385. The van der Waals surface area contributed by atoms with Crippen molar-refractivity contribution in [1.82, 2.24) is 10.2 Å². The first-order chi connectivity index (χ1) is 9.65. The van der Waals surface area contributed by atoms with Crippen molar-refractivity contribution in [2.75, 3.05) is 26.3 Å². The van der Waals surface area contributed by atoms with Gasteiger partial charge in [0.15, 0.2) is 11.5 Å². The largest absolute Gasteiger partial charge is 0.486 e. The summed E-state index contributed by atoms with van der Waals surface area (Å²) >= 11 is 0. The minimum absolute atomic E-state index is 0.0344. The molecule has 1 unspecified atom stereocenters. The maximum atomic E-state index is 11.5. The number of imide groups is 1. The van der Waals surface area contributed by atoms with Gasteiger partial charge in [-0.05, 0) is 17.7 Å². The summed E-state index contributed by atoms with van der Waals surface area (Å²) in [4.78, 5) is 24.1. The smallest absolute Gasteiger partial charge is 0.324 e. The molecule has 3 amide bonds. The van der Waals surface area contributed by atoms with Crippen molar-refractivity contribution in [2.24, 2.45) is 5.73 Å². The Balaban J connectivity index is 1.75. The van der Waals surface area contributed by atoms with Gasteiger partial charge >= 0.3 is 6.03 Å². The maximum Gasteiger partial charge on any atom is 0.324 e. The van der Waals surface area contributed by atoms with Gasteiger partial charge in [-0.1, -0.05) is 6.07 Å². The van der Waals surface area contributed by atoms with E-state index in [1.165, 1.54) is 0 Å². The van der Waals surface area contributed by atoms with Crippen LogP contribution in [0.4, 0.5) is 4.79 Å². The van der Waals surface area contributed by atoms with Gasteiger partial charge in [0.1, 0.15) is 13.2 Å². The molecule has 0 saturated carbocycles. The Morgan fingerprint density at radius 2 is 2.00 bits per heavy atom.